The van der Waals surface area contributed by atoms with Gasteiger partial charge in [0.05, 0.1) is 10.7 Å². The van der Waals surface area contributed by atoms with E-state index in [0.717, 1.165) is 66.4 Å². The van der Waals surface area contributed by atoms with Crippen LogP contribution in [0.2, 0.25) is 5.02 Å². The van der Waals surface area contributed by atoms with Crippen LogP contribution < -0.4 is 5.84 Å². The van der Waals surface area contributed by atoms with Crippen LogP contribution in [0.1, 0.15) is 70.4 Å². The number of amides is 1. The molecule has 0 aliphatic heterocycles. The Bertz CT molecular complexity index is 1270. The summed E-state index contributed by atoms with van der Waals surface area (Å²) < 4.78 is 5.90. The van der Waals surface area contributed by atoms with Gasteiger partial charge in [-0.25, -0.2) is 9.78 Å². The Kier molecular flexibility index (Phi) is 6.23. The number of nitrogens with two attached hydrogens (primary N) is 1. The number of aromatic nitrogens is 2. The number of aromatic amines is 1. The zero-order valence-electron chi connectivity index (χ0n) is 21.2. The Labute approximate surface area is 217 Å². The number of ether oxygens (including phenoxy) is 1. The molecule has 1 aromatic carbocycles. The lowest BCUT2D eigenvalue weighted by Crippen LogP contribution is -2.60. The first-order valence-electron chi connectivity index (χ1n) is 12.6. The topological polar surface area (TPSA) is 96.6 Å². The predicted octanol–water partition coefficient (Wildman–Crippen LogP) is 6.41. The fourth-order valence-corrected chi connectivity index (χ4v) is 6.37. The van der Waals surface area contributed by atoms with Gasteiger partial charge in [0, 0.05) is 40.8 Å². The summed E-state index contributed by atoms with van der Waals surface area (Å²) in [5, 5.41) is 5.84. The number of fused-ring (bicyclic) bond motifs is 4. The third-order valence-corrected chi connectivity index (χ3v) is 8.27. The molecule has 3 aliphatic rings. The molecule has 2 heterocycles. The normalized spacial score (nSPS) is 24.2. The molecule has 36 heavy (non-hydrogen) atoms. The van der Waals surface area contributed by atoms with Crippen molar-refractivity contribution in [2.45, 2.75) is 77.0 Å². The highest BCUT2D eigenvalue weighted by Gasteiger charge is 2.55. The monoisotopic (exact) mass is 507 g/mol. The molecule has 7 nitrogen and oxygen atoms in total. The first-order chi connectivity index (χ1) is 17.2. The Morgan fingerprint density at radius 3 is 2.42 bits per heavy atom. The zero-order chi connectivity index (χ0) is 25.6. The van der Waals surface area contributed by atoms with Crippen molar-refractivity contribution in [3.05, 3.63) is 64.9 Å². The molecule has 3 aliphatic carbocycles. The van der Waals surface area contributed by atoms with Crippen molar-refractivity contribution < 1.29 is 9.53 Å². The van der Waals surface area contributed by atoms with Crippen molar-refractivity contribution >= 4 is 34.4 Å². The Balaban J connectivity index is 1.46. The highest BCUT2D eigenvalue weighted by atomic mass is 35.5. The molecule has 3 N–H and O–H groups in total. The summed E-state index contributed by atoms with van der Waals surface area (Å²) >= 11 is 6.67. The van der Waals surface area contributed by atoms with Gasteiger partial charge in [-0.2, -0.15) is 5.10 Å². The third-order valence-electron chi connectivity index (χ3n) is 7.99. The van der Waals surface area contributed by atoms with E-state index in [0.29, 0.717) is 11.6 Å². The number of pyridine rings is 1. The lowest BCUT2D eigenvalue weighted by molar-refractivity contribution is -0.0512. The van der Waals surface area contributed by atoms with Crippen molar-refractivity contribution in [1.82, 2.24) is 14.9 Å². The van der Waals surface area contributed by atoms with Crippen molar-refractivity contribution in [2.75, 3.05) is 0 Å². The Morgan fingerprint density at radius 1 is 1.14 bits per heavy atom. The van der Waals surface area contributed by atoms with Gasteiger partial charge >= 0.3 is 6.09 Å². The standard InChI is InChI=1S/C28H34ClN5O2/c1-26(2,3)36-25(35)34(18-19-7-5-4-6-8-19)28-13-10-27(11-14-28,12-15-28)23(33-30)22-20-9-16-31-24(20)32-17-21(22)29/h4-9,16-17H,10-15,18,30H2,1-3H3,(H,31,32)/b33-23-. The van der Waals surface area contributed by atoms with Gasteiger partial charge in [-0.1, -0.05) is 41.9 Å². The molecule has 2 bridgehead atoms. The Morgan fingerprint density at radius 2 is 1.81 bits per heavy atom. The maximum atomic E-state index is 13.5. The number of nitrogens with zero attached hydrogens (tertiary/aromatic N) is 3. The second kappa shape index (κ2) is 9.11. The lowest BCUT2D eigenvalue weighted by atomic mass is 9.54. The van der Waals surface area contributed by atoms with Crippen LogP contribution in [0, 0.1) is 5.41 Å². The van der Waals surface area contributed by atoms with Crippen LogP contribution in [0.15, 0.2) is 53.9 Å². The second-order valence-electron chi connectivity index (χ2n) is 11.3. The number of H-pyrrole nitrogens is 1. The van der Waals surface area contributed by atoms with Crippen molar-refractivity contribution in [1.29, 1.82) is 0 Å². The quantitative estimate of drug-likeness (QED) is 0.237. The molecule has 8 heteroatoms. The first kappa shape index (κ1) is 24.6. The first-order valence-corrected chi connectivity index (χ1v) is 13.0. The number of hydrogen-bond acceptors (Lipinski definition) is 5. The van der Waals surface area contributed by atoms with Gasteiger partial charge < -0.3 is 15.6 Å². The van der Waals surface area contributed by atoms with Crippen LogP contribution in [0.3, 0.4) is 0 Å². The molecule has 1 amide bonds. The van der Waals surface area contributed by atoms with Crippen LogP contribution in [-0.2, 0) is 11.3 Å². The summed E-state index contributed by atoms with van der Waals surface area (Å²) in [7, 11) is 0. The van der Waals surface area contributed by atoms with E-state index in [9.17, 15) is 4.79 Å². The third kappa shape index (κ3) is 4.34. The molecular weight excluding hydrogens is 474 g/mol. The van der Waals surface area contributed by atoms with Crippen LogP contribution >= 0.6 is 11.6 Å². The zero-order valence-corrected chi connectivity index (χ0v) is 21.9. The largest absolute Gasteiger partial charge is 0.444 e. The average Bonchev–Trinajstić information content (AvgIpc) is 3.34. The van der Waals surface area contributed by atoms with Gasteiger partial charge in [-0.3, -0.25) is 4.90 Å². The highest BCUT2D eigenvalue weighted by Crippen LogP contribution is 2.57. The number of benzene rings is 1. The van der Waals surface area contributed by atoms with Gasteiger partial charge in [0.15, 0.2) is 0 Å². The van der Waals surface area contributed by atoms with Gasteiger partial charge in [-0.05, 0) is 70.9 Å². The molecule has 0 radical (unpaired) electrons. The van der Waals surface area contributed by atoms with E-state index < -0.39 is 5.60 Å². The Hall–Kier alpha value is -3.06. The van der Waals surface area contributed by atoms with E-state index in [1.54, 1.807) is 6.20 Å². The number of hydrogen-bond donors (Lipinski definition) is 2. The number of carbonyl (C=O) groups excluding carboxylic acids is 1. The van der Waals surface area contributed by atoms with Gasteiger partial charge in [-0.15, -0.1) is 0 Å². The molecule has 0 spiro atoms. The molecule has 0 saturated heterocycles. The van der Waals surface area contributed by atoms with E-state index >= 15 is 0 Å². The smallest absolute Gasteiger partial charge is 0.411 e. The lowest BCUT2D eigenvalue weighted by Gasteiger charge is -2.57. The fraction of sp³-hybridized carbons (Fsp3) is 0.464. The summed E-state index contributed by atoms with van der Waals surface area (Å²) in [6, 6.07) is 12.1. The SMILES string of the molecule is CC(C)(C)OC(=O)N(Cc1ccccc1)C12CCC(/C(=N\N)c3c(Cl)cnc4[nH]ccc34)(CC1)CC2. The maximum Gasteiger partial charge on any atom is 0.411 e. The van der Waals surface area contributed by atoms with Crippen molar-refractivity contribution in [3.8, 4) is 0 Å². The number of halogens is 1. The average molecular weight is 508 g/mol. The predicted molar refractivity (Wildman–Crippen MR) is 143 cm³/mol. The summed E-state index contributed by atoms with van der Waals surface area (Å²) in [5.74, 6) is 6.07. The summed E-state index contributed by atoms with van der Waals surface area (Å²) in [5.41, 5.74) is 2.58. The number of nitrogens with one attached hydrogen (secondary N) is 1. The maximum absolute atomic E-state index is 13.5. The van der Waals surface area contributed by atoms with Crippen molar-refractivity contribution in [3.63, 3.8) is 0 Å². The van der Waals surface area contributed by atoms with Gasteiger partial charge in [0.1, 0.15) is 11.2 Å². The minimum absolute atomic E-state index is 0.182. The molecule has 0 atom stereocenters. The number of hydrazone groups is 1. The van der Waals surface area contributed by atoms with E-state index in [1.165, 1.54) is 0 Å². The van der Waals surface area contributed by atoms with Crippen molar-refractivity contribution in [2.24, 2.45) is 16.4 Å². The molecule has 6 rings (SSSR count). The van der Waals surface area contributed by atoms with E-state index in [1.807, 2.05) is 56.1 Å². The number of rotatable bonds is 5. The molecule has 3 fully saturated rings. The summed E-state index contributed by atoms with van der Waals surface area (Å²) in [6.07, 6.45) is 8.48. The molecule has 190 valence electrons. The molecule has 3 saturated carbocycles. The van der Waals surface area contributed by atoms with E-state index in [-0.39, 0.29) is 17.0 Å². The molecule has 2 aromatic heterocycles. The van der Waals surface area contributed by atoms with E-state index in [4.69, 9.17) is 22.2 Å². The minimum atomic E-state index is -0.560. The van der Waals surface area contributed by atoms with Crippen LogP contribution in [0.4, 0.5) is 4.79 Å². The van der Waals surface area contributed by atoms with Crippen LogP contribution in [0.5, 0.6) is 0 Å². The van der Waals surface area contributed by atoms with Crippen LogP contribution in [0.25, 0.3) is 11.0 Å². The minimum Gasteiger partial charge on any atom is -0.444 e. The number of carbonyl (C=O) groups is 1. The van der Waals surface area contributed by atoms with E-state index in [2.05, 4.69) is 27.2 Å². The van der Waals surface area contributed by atoms with Gasteiger partial charge in [0.2, 0.25) is 0 Å². The molecular formula is C28H34ClN5O2. The molecule has 3 aromatic rings. The second-order valence-corrected chi connectivity index (χ2v) is 11.7. The summed E-state index contributed by atoms with van der Waals surface area (Å²) in [6.45, 7) is 6.28. The highest BCUT2D eigenvalue weighted by molar-refractivity contribution is 6.36. The fourth-order valence-electron chi connectivity index (χ4n) is 6.13. The summed E-state index contributed by atoms with van der Waals surface area (Å²) in [4.78, 5) is 23.1. The van der Waals surface area contributed by atoms with Gasteiger partial charge in [0.25, 0.3) is 0 Å². The van der Waals surface area contributed by atoms with Crippen LogP contribution in [-0.4, -0.2) is 37.8 Å². The molecule has 0 unspecified atom stereocenters.